The first-order valence-corrected chi connectivity index (χ1v) is 7.89. The molecule has 1 N–H and O–H groups in total. The van der Waals surface area contributed by atoms with Gasteiger partial charge in [0.1, 0.15) is 0 Å². The predicted octanol–water partition coefficient (Wildman–Crippen LogP) is 0.481. The van der Waals surface area contributed by atoms with Crippen LogP contribution in [0.5, 0.6) is 0 Å². The van der Waals surface area contributed by atoms with Crippen molar-refractivity contribution in [2.75, 3.05) is 20.3 Å². The molecule has 0 spiro atoms. The van der Waals surface area contributed by atoms with Gasteiger partial charge < -0.3 is 14.8 Å². The first-order valence-electron chi connectivity index (χ1n) is 7.89. The van der Waals surface area contributed by atoms with E-state index in [1.54, 1.807) is 31.2 Å². The summed E-state index contributed by atoms with van der Waals surface area (Å²) in [5.74, 6) is -0.961. The molecule has 2 aromatic rings. The molecule has 1 amide bonds. The zero-order valence-corrected chi connectivity index (χ0v) is 14.2. The third kappa shape index (κ3) is 5.39. The SMILES string of the molecule is COCC(C)NC(=O)COC(=O)CCn1cnc2ccccc2c1=O. The molecule has 1 atom stereocenters. The van der Waals surface area contributed by atoms with Crippen LogP contribution in [0.3, 0.4) is 0 Å². The Morgan fingerprint density at radius 1 is 1.32 bits per heavy atom. The lowest BCUT2D eigenvalue weighted by atomic mass is 10.2. The van der Waals surface area contributed by atoms with Gasteiger partial charge in [0.25, 0.3) is 11.5 Å². The number of amides is 1. The fourth-order valence-electron chi connectivity index (χ4n) is 2.30. The second kappa shape index (κ2) is 8.93. The fraction of sp³-hybridized carbons (Fsp3) is 0.412. The fourth-order valence-corrected chi connectivity index (χ4v) is 2.30. The van der Waals surface area contributed by atoms with Crippen LogP contribution in [0.2, 0.25) is 0 Å². The molecule has 1 aromatic heterocycles. The van der Waals surface area contributed by atoms with Gasteiger partial charge in [-0.1, -0.05) is 12.1 Å². The third-order valence-corrected chi connectivity index (χ3v) is 3.48. The summed E-state index contributed by atoms with van der Waals surface area (Å²) in [6, 6.07) is 6.82. The maximum Gasteiger partial charge on any atom is 0.308 e. The minimum absolute atomic E-state index is 0.0270. The lowest BCUT2D eigenvalue weighted by Gasteiger charge is -2.12. The van der Waals surface area contributed by atoms with Gasteiger partial charge in [-0.25, -0.2) is 4.98 Å². The normalized spacial score (nSPS) is 11.9. The van der Waals surface area contributed by atoms with Crippen LogP contribution in [0.1, 0.15) is 13.3 Å². The van der Waals surface area contributed by atoms with Gasteiger partial charge in [-0.15, -0.1) is 0 Å². The molecule has 0 aliphatic carbocycles. The Hall–Kier alpha value is -2.74. The van der Waals surface area contributed by atoms with E-state index in [0.29, 0.717) is 17.5 Å². The summed E-state index contributed by atoms with van der Waals surface area (Å²) in [6.45, 7) is 1.93. The van der Waals surface area contributed by atoms with Crippen molar-refractivity contribution in [1.29, 1.82) is 0 Å². The van der Waals surface area contributed by atoms with E-state index in [1.165, 1.54) is 18.0 Å². The molecule has 8 heteroatoms. The van der Waals surface area contributed by atoms with Crippen molar-refractivity contribution in [3.8, 4) is 0 Å². The van der Waals surface area contributed by atoms with Crippen LogP contribution in [0.25, 0.3) is 10.9 Å². The van der Waals surface area contributed by atoms with Crippen molar-refractivity contribution in [1.82, 2.24) is 14.9 Å². The smallest absolute Gasteiger partial charge is 0.308 e. The van der Waals surface area contributed by atoms with Gasteiger partial charge in [0.2, 0.25) is 0 Å². The van der Waals surface area contributed by atoms with Gasteiger partial charge >= 0.3 is 5.97 Å². The molecule has 0 fully saturated rings. The average molecular weight is 347 g/mol. The highest BCUT2D eigenvalue weighted by molar-refractivity contribution is 5.80. The number of nitrogens with zero attached hydrogens (tertiary/aromatic N) is 2. The molecule has 0 radical (unpaired) electrons. The molecule has 0 bridgehead atoms. The standard InChI is InChI=1S/C17H21N3O5/c1-12(9-24-2)19-15(21)10-25-16(22)7-8-20-11-18-14-6-4-3-5-13(14)17(20)23/h3-6,11-12H,7-10H2,1-2H3,(H,19,21). The van der Waals surface area contributed by atoms with Crippen LogP contribution < -0.4 is 10.9 Å². The van der Waals surface area contributed by atoms with Crippen molar-refractivity contribution in [2.45, 2.75) is 25.9 Å². The zero-order valence-electron chi connectivity index (χ0n) is 14.2. The van der Waals surface area contributed by atoms with Crippen molar-refractivity contribution >= 4 is 22.8 Å². The van der Waals surface area contributed by atoms with E-state index < -0.39 is 11.9 Å². The average Bonchev–Trinajstić information content (AvgIpc) is 2.60. The third-order valence-electron chi connectivity index (χ3n) is 3.48. The van der Waals surface area contributed by atoms with Crippen LogP contribution in [0.15, 0.2) is 35.4 Å². The Bertz CT molecular complexity index is 802. The van der Waals surface area contributed by atoms with Gasteiger partial charge in [-0.05, 0) is 19.1 Å². The number of methoxy groups -OCH3 is 1. The Kier molecular flexibility index (Phi) is 6.64. The quantitative estimate of drug-likeness (QED) is 0.697. The van der Waals surface area contributed by atoms with Crippen molar-refractivity contribution < 1.29 is 19.1 Å². The molecule has 1 aromatic carbocycles. The van der Waals surface area contributed by atoms with Crippen LogP contribution in [0.4, 0.5) is 0 Å². The van der Waals surface area contributed by atoms with E-state index in [9.17, 15) is 14.4 Å². The van der Waals surface area contributed by atoms with E-state index in [4.69, 9.17) is 9.47 Å². The zero-order chi connectivity index (χ0) is 18.2. The van der Waals surface area contributed by atoms with E-state index in [-0.39, 0.29) is 31.2 Å². The summed E-state index contributed by atoms with van der Waals surface area (Å²) >= 11 is 0. The number of hydrogen-bond acceptors (Lipinski definition) is 6. The second-order valence-corrected chi connectivity index (χ2v) is 5.59. The number of rotatable bonds is 8. The summed E-state index contributed by atoms with van der Waals surface area (Å²) in [4.78, 5) is 39.8. The Morgan fingerprint density at radius 3 is 2.84 bits per heavy atom. The predicted molar refractivity (Wildman–Crippen MR) is 91.1 cm³/mol. The summed E-state index contributed by atoms with van der Waals surface area (Å²) in [5.41, 5.74) is 0.387. The van der Waals surface area contributed by atoms with Gasteiger partial charge in [0.15, 0.2) is 6.61 Å². The van der Waals surface area contributed by atoms with E-state index in [2.05, 4.69) is 10.3 Å². The highest BCUT2D eigenvalue weighted by Crippen LogP contribution is 2.05. The van der Waals surface area contributed by atoms with E-state index in [0.717, 1.165) is 0 Å². The van der Waals surface area contributed by atoms with Crippen LogP contribution in [-0.4, -0.2) is 47.8 Å². The number of para-hydroxylation sites is 1. The number of aryl methyl sites for hydroxylation is 1. The maximum atomic E-state index is 12.3. The molecule has 0 saturated carbocycles. The van der Waals surface area contributed by atoms with E-state index in [1.807, 2.05) is 0 Å². The lowest BCUT2D eigenvalue weighted by Crippen LogP contribution is -2.38. The summed E-state index contributed by atoms with van der Waals surface area (Å²) in [6.07, 6.45) is 1.37. The molecule has 1 heterocycles. The summed E-state index contributed by atoms with van der Waals surface area (Å²) in [7, 11) is 1.53. The number of esters is 1. The number of aromatic nitrogens is 2. The van der Waals surface area contributed by atoms with Gasteiger partial charge in [-0.3, -0.25) is 19.0 Å². The summed E-state index contributed by atoms with van der Waals surface area (Å²) < 4.78 is 11.2. The number of fused-ring (bicyclic) bond motifs is 1. The minimum atomic E-state index is -0.561. The first-order chi connectivity index (χ1) is 12.0. The van der Waals surface area contributed by atoms with Crippen molar-refractivity contribution in [3.63, 3.8) is 0 Å². The molecular weight excluding hydrogens is 326 g/mol. The Labute approximate surface area is 144 Å². The highest BCUT2D eigenvalue weighted by atomic mass is 16.5. The molecule has 2 rings (SSSR count). The summed E-state index contributed by atoms with van der Waals surface area (Å²) in [5, 5.41) is 3.12. The monoisotopic (exact) mass is 347 g/mol. The van der Waals surface area contributed by atoms with Crippen LogP contribution >= 0.6 is 0 Å². The Balaban J connectivity index is 1.83. The van der Waals surface area contributed by atoms with Gasteiger partial charge in [0, 0.05) is 19.7 Å². The molecule has 1 unspecified atom stereocenters. The van der Waals surface area contributed by atoms with E-state index >= 15 is 0 Å². The van der Waals surface area contributed by atoms with Gasteiger partial charge in [0.05, 0.1) is 30.3 Å². The minimum Gasteiger partial charge on any atom is -0.456 e. The second-order valence-electron chi connectivity index (χ2n) is 5.59. The van der Waals surface area contributed by atoms with Crippen LogP contribution in [-0.2, 0) is 25.6 Å². The molecular formula is C17H21N3O5. The molecule has 0 saturated heterocycles. The largest absolute Gasteiger partial charge is 0.456 e. The topological polar surface area (TPSA) is 99.5 Å². The number of ether oxygens (including phenoxy) is 2. The molecule has 134 valence electrons. The molecule has 25 heavy (non-hydrogen) atoms. The van der Waals surface area contributed by atoms with Crippen molar-refractivity contribution in [2.24, 2.45) is 0 Å². The molecule has 8 nitrogen and oxygen atoms in total. The highest BCUT2D eigenvalue weighted by Gasteiger charge is 2.11. The van der Waals surface area contributed by atoms with Crippen molar-refractivity contribution in [3.05, 3.63) is 40.9 Å². The number of carbonyl (C=O) groups is 2. The number of hydrogen-bond donors (Lipinski definition) is 1. The maximum absolute atomic E-state index is 12.3. The molecule has 0 aliphatic heterocycles. The number of benzene rings is 1. The Morgan fingerprint density at radius 2 is 2.08 bits per heavy atom. The lowest BCUT2D eigenvalue weighted by molar-refractivity contribution is -0.149. The van der Waals surface area contributed by atoms with Crippen LogP contribution in [0, 0.1) is 0 Å². The number of carbonyl (C=O) groups excluding carboxylic acids is 2. The van der Waals surface area contributed by atoms with Gasteiger partial charge in [-0.2, -0.15) is 0 Å². The molecule has 0 aliphatic rings. The first kappa shape index (κ1) is 18.6. The number of nitrogens with one attached hydrogen (secondary N) is 1.